The summed E-state index contributed by atoms with van der Waals surface area (Å²) in [6.45, 7) is -2.93. The van der Waals surface area contributed by atoms with Crippen molar-refractivity contribution in [1.82, 2.24) is 10.1 Å². The van der Waals surface area contributed by atoms with Crippen LogP contribution in [0.4, 0.5) is 13.9 Å². The zero-order valence-corrected chi connectivity index (χ0v) is 12.2. The molecule has 0 atom stereocenters. The highest BCUT2D eigenvalue weighted by molar-refractivity contribution is 7.14. The van der Waals surface area contributed by atoms with Gasteiger partial charge in [0.15, 0.2) is 5.13 Å². The van der Waals surface area contributed by atoms with E-state index < -0.39 is 12.5 Å². The van der Waals surface area contributed by atoms with Crippen LogP contribution in [0.5, 0.6) is 5.75 Å². The first-order chi connectivity index (χ1) is 11.1. The molecule has 0 saturated heterocycles. The zero-order valence-electron chi connectivity index (χ0n) is 11.4. The molecule has 2 aromatic heterocycles. The average Bonchev–Trinajstić information content (AvgIpc) is 3.18. The lowest BCUT2D eigenvalue weighted by atomic mass is 10.1. The number of hydrogen-bond donors (Lipinski definition) is 1. The number of carbonyl (C=O) groups is 1. The summed E-state index contributed by atoms with van der Waals surface area (Å²) in [4.78, 5) is 16.0. The number of hydrogen-bond acceptors (Lipinski definition) is 6. The number of para-hydroxylation sites is 1. The standard InChI is InChI=1S/C14H9F2N3O3S/c15-13(16)21-10-4-2-1-3-8(10)9-7-23-14(18-9)19-12(20)11-5-6-17-22-11/h1-7,13H,(H,18,19,20). The van der Waals surface area contributed by atoms with Gasteiger partial charge in [-0.15, -0.1) is 11.3 Å². The largest absolute Gasteiger partial charge is 0.434 e. The zero-order chi connectivity index (χ0) is 16.2. The smallest absolute Gasteiger partial charge is 0.387 e. The molecular weight excluding hydrogens is 328 g/mol. The van der Waals surface area contributed by atoms with Crippen LogP contribution in [-0.4, -0.2) is 22.7 Å². The summed E-state index contributed by atoms with van der Waals surface area (Å²) in [5.41, 5.74) is 0.823. The lowest BCUT2D eigenvalue weighted by Crippen LogP contribution is -2.10. The molecule has 1 aromatic carbocycles. The van der Waals surface area contributed by atoms with Crippen molar-refractivity contribution in [2.75, 3.05) is 5.32 Å². The number of anilines is 1. The van der Waals surface area contributed by atoms with E-state index in [1.54, 1.807) is 23.6 Å². The highest BCUT2D eigenvalue weighted by atomic mass is 32.1. The Hall–Kier alpha value is -2.81. The molecule has 0 aliphatic heterocycles. The fraction of sp³-hybridized carbons (Fsp3) is 0.0714. The third kappa shape index (κ3) is 3.51. The van der Waals surface area contributed by atoms with Gasteiger partial charge in [0.05, 0.1) is 11.9 Å². The molecule has 0 radical (unpaired) electrons. The molecule has 1 N–H and O–H groups in total. The number of rotatable bonds is 5. The van der Waals surface area contributed by atoms with Crippen molar-refractivity contribution >= 4 is 22.4 Å². The van der Waals surface area contributed by atoms with Crippen molar-refractivity contribution in [2.24, 2.45) is 0 Å². The van der Waals surface area contributed by atoms with Crippen molar-refractivity contribution < 1.29 is 22.8 Å². The molecule has 3 rings (SSSR count). The van der Waals surface area contributed by atoms with E-state index in [9.17, 15) is 13.6 Å². The number of nitrogens with zero attached hydrogens (tertiary/aromatic N) is 2. The summed E-state index contributed by atoms with van der Waals surface area (Å²) in [7, 11) is 0. The summed E-state index contributed by atoms with van der Waals surface area (Å²) >= 11 is 1.15. The molecule has 23 heavy (non-hydrogen) atoms. The number of aromatic nitrogens is 2. The molecule has 6 nitrogen and oxygen atoms in total. The minimum Gasteiger partial charge on any atom is -0.434 e. The predicted molar refractivity (Wildman–Crippen MR) is 78.6 cm³/mol. The van der Waals surface area contributed by atoms with E-state index >= 15 is 0 Å². The summed E-state index contributed by atoms with van der Waals surface area (Å²) in [6, 6.07) is 7.71. The van der Waals surface area contributed by atoms with E-state index in [4.69, 9.17) is 4.52 Å². The Labute approximate surface area is 132 Å². The second-order valence-electron chi connectivity index (χ2n) is 4.24. The highest BCUT2D eigenvalue weighted by Gasteiger charge is 2.16. The number of carbonyl (C=O) groups excluding carboxylic acids is 1. The summed E-state index contributed by atoms with van der Waals surface area (Å²) < 4.78 is 34.1. The minimum absolute atomic E-state index is 0.0147. The summed E-state index contributed by atoms with van der Waals surface area (Å²) in [5, 5.41) is 7.90. The van der Waals surface area contributed by atoms with Crippen molar-refractivity contribution in [2.45, 2.75) is 6.61 Å². The van der Waals surface area contributed by atoms with Crippen molar-refractivity contribution in [1.29, 1.82) is 0 Å². The van der Waals surface area contributed by atoms with Crippen LogP contribution in [0.2, 0.25) is 0 Å². The molecule has 0 bridgehead atoms. The quantitative estimate of drug-likeness (QED) is 0.769. The predicted octanol–water partition coefficient (Wildman–Crippen LogP) is 3.65. The third-order valence-electron chi connectivity index (χ3n) is 2.77. The first-order valence-electron chi connectivity index (χ1n) is 6.35. The number of halogens is 2. The van der Waals surface area contributed by atoms with Crippen LogP contribution in [-0.2, 0) is 0 Å². The normalized spacial score (nSPS) is 10.7. The molecular formula is C14H9F2N3O3S. The number of thiazole rings is 1. The second-order valence-corrected chi connectivity index (χ2v) is 5.10. The average molecular weight is 337 g/mol. The molecule has 118 valence electrons. The van der Waals surface area contributed by atoms with Gasteiger partial charge >= 0.3 is 6.61 Å². The molecule has 0 saturated carbocycles. The van der Waals surface area contributed by atoms with Gasteiger partial charge in [0, 0.05) is 17.0 Å². The van der Waals surface area contributed by atoms with Gasteiger partial charge in [-0.05, 0) is 12.1 Å². The Morgan fingerprint density at radius 3 is 2.87 bits per heavy atom. The SMILES string of the molecule is O=C(Nc1nc(-c2ccccc2OC(F)F)cs1)c1ccno1. The van der Waals surface area contributed by atoms with Crippen LogP contribution in [0, 0.1) is 0 Å². The fourth-order valence-corrected chi connectivity index (χ4v) is 2.53. The van der Waals surface area contributed by atoms with Crippen molar-refractivity contribution in [3.8, 4) is 17.0 Å². The number of amides is 1. The van der Waals surface area contributed by atoms with Crippen LogP contribution < -0.4 is 10.1 Å². The number of benzene rings is 1. The van der Waals surface area contributed by atoms with Crippen molar-refractivity contribution in [3.05, 3.63) is 47.7 Å². The van der Waals surface area contributed by atoms with Gasteiger partial charge < -0.3 is 9.26 Å². The number of ether oxygens (including phenoxy) is 1. The van der Waals surface area contributed by atoms with E-state index in [1.165, 1.54) is 18.3 Å². The fourth-order valence-electron chi connectivity index (χ4n) is 1.82. The molecule has 2 heterocycles. The Balaban J connectivity index is 1.81. The highest BCUT2D eigenvalue weighted by Crippen LogP contribution is 2.33. The van der Waals surface area contributed by atoms with E-state index in [-0.39, 0.29) is 11.5 Å². The van der Waals surface area contributed by atoms with Crippen LogP contribution in [0.15, 0.2) is 46.4 Å². The summed E-state index contributed by atoms with van der Waals surface area (Å²) in [6.07, 6.45) is 1.35. The van der Waals surface area contributed by atoms with Gasteiger partial charge in [0.2, 0.25) is 5.76 Å². The molecule has 0 aliphatic rings. The van der Waals surface area contributed by atoms with Gasteiger partial charge in [-0.1, -0.05) is 17.3 Å². The van der Waals surface area contributed by atoms with Crippen molar-refractivity contribution in [3.63, 3.8) is 0 Å². The maximum absolute atomic E-state index is 12.4. The van der Waals surface area contributed by atoms with E-state index in [0.717, 1.165) is 11.3 Å². The van der Waals surface area contributed by atoms with Crippen LogP contribution in [0.25, 0.3) is 11.3 Å². The van der Waals surface area contributed by atoms with Gasteiger partial charge in [0.1, 0.15) is 5.75 Å². The molecule has 0 fully saturated rings. The summed E-state index contributed by atoms with van der Waals surface area (Å²) in [5.74, 6) is -0.440. The Morgan fingerprint density at radius 2 is 2.13 bits per heavy atom. The molecule has 1 amide bonds. The van der Waals surface area contributed by atoms with E-state index in [2.05, 4.69) is 20.2 Å². The van der Waals surface area contributed by atoms with Gasteiger partial charge in [-0.25, -0.2) is 4.98 Å². The van der Waals surface area contributed by atoms with E-state index in [1.807, 2.05) is 0 Å². The Kier molecular flexibility index (Phi) is 4.29. The lowest BCUT2D eigenvalue weighted by molar-refractivity contribution is -0.0494. The molecule has 0 spiro atoms. The minimum atomic E-state index is -2.93. The van der Waals surface area contributed by atoms with Crippen LogP contribution >= 0.6 is 11.3 Å². The molecule has 3 aromatic rings. The van der Waals surface area contributed by atoms with Crippen LogP contribution in [0.1, 0.15) is 10.6 Å². The maximum atomic E-state index is 12.4. The Bertz CT molecular complexity index is 805. The molecule has 0 aliphatic carbocycles. The monoisotopic (exact) mass is 337 g/mol. The first-order valence-corrected chi connectivity index (χ1v) is 7.23. The second kappa shape index (κ2) is 6.53. The number of alkyl halides is 2. The maximum Gasteiger partial charge on any atom is 0.387 e. The molecule has 9 heteroatoms. The van der Waals surface area contributed by atoms with Crippen LogP contribution in [0.3, 0.4) is 0 Å². The van der Waals surface area contributed by atoms with Gasteiger partial charge in [0.25, 0.3) is 5.91 Å². The third-order valence-corrected chi connectivity index (χ3v) is 3.52. The molecule has 0 unspecified atom stereocenters. The lowest BCUT2D eigenvalue weighted by Gasteiger charge is -2.08. The number of nitrogens with one attached hydrogen (secondary N) is 1. The van der Waals surface area contributed by atoms with Gasteiger partial charge in [-0.3, -0.25) is 10.1 Å². The van der Waals surface area contributed by atoms with E-state index in [0.29, 0.717) is 16.4 Å². The van der Waals surface area contributed by atoms with Gasteiger partial charge in [-0.2, -0.15) is 8.78 Å². The topological polar surface area (TPSA) is 77.2 Å². The first kappa shape index (κ1) is 15.1. The Morgan fingerprint density at radius 1 is 1.30 bits per heavy atom.